The summed E-state index contributed by atoms with van der Waals surface area (Å²) in [6, 6.07) is 0. The molecule has 0 radical (unpaired) electrons. The van der Waals surface area contributed by atoms with Gasteiger partial charge in [0.25, 0.3) is 0 Å². The van der Waals surface area contributed by atoms with E-state index in [1.165, 1.54) is 7.11 Å². The van der Waals surface area contributed by atoms with Crippen LogP contribution in [0.3, 0.4) is 0 Å². The maximum atomic E-state index is 12.2. The standard InChI is InChI=1S/C11H18O3S/c1-14-11(12)10(8-6-7-8)15(13)9-4-2-3-5-9/h8-10H,2-7H2,1H3. The van der Waals surface area contributed by atoms with Gasteiger partial charge in [0.1, 0.15) is 5.25 Å². The van der Waals surface area contributed by atoms with Gasteiger partial charge in [-0.3, -0.25) is 9.00 Å². The molecule has 86 valence electrons. The van der Waals surface area contributed by atoms with Crippen LogP contribution in [-0.4, -0.2) is 27.8 Å². The number of carbonyl (C=O) groups excluding carboxylic acids is 1. The van der Waals surface area contributed by atoms with Crippen molar-refractivity contribution < 1.29 is 13.7 Å². The lowest BCUT2D eigenvalue weighted by Gasteiger charge is -2.17. The number of hydrogen-bond acceptors (Lipinski definition) is 3. The number of hydrogen-bond donors (Lipinski definition) is 0. The quantitative estimate of drug-likeness (QED) is 0.689. The average Bonchev–Trinajstić information content (AvgIpc) is 2.92. The molecule has 15 heavy (non-hydrogen) atoms. The maximum absolute atomic E-state index is 12.2. The minimum Gasteiger partial charge on any atom is -0.468 e. The Morgan fingerprint density at radius 1 is 1.27 bits per heavy atom. The fourth-order valence-corrected chi connectivity index (χ4v) is 4.47. The molecule has 0 heterocycles. The number of esters is 1. The molecule has 0 spiro atoms. The third kappa shape index (κ3) is 2.41. The van der Waals surface area contributed by atoms with Crippen LogP contribution in [0.4, 0.5) is 0 Å². The molecule has 2 rings (SSSR count). The van der Waals surface area contributed by atoms with E-state index in [4.69, 9.17) is 4.74 Å². The van der Waals surface area contributed by atoms with E-state index in [0.29, 0.717) is 5.92 Å². The Balaban J connectivity index is 2.03. The van der Waals surface area contributed by atoms with Gasteiger partial charge < -0.3 is 4.74 Å². The molecule has 2 aliphatic rings. The summed E-state index contributed by atoms with van der Waals surface area (Å²) in [6.45, 7) is 0. The first kappa shape index (κ1) is 11.1. The van der Waals surface area contributed by atoms with Crippen LogP contribution >= 0.6 is 0 Å². The highest BCUT2D eigenvalue weighted by atomic mass is 32.2. The molecule has 0 aromatic rings. The zero-order valence-electron chi connectivity index (χ0n) is 9.11. The van der Waals surface area contributed by atoms with Crippen LogP contribution in [0.5, 0.6) is 0 Å². The molecule has 0 aliphatic heterocycles. The predicted molar refractivity (Wildman–Crippen MR) is 58.9 cm³/mol. The van der Waals surface area contributed by atoms with Crippen LogP contribution in [0.1, 0.15) is 38.5 Å². The molecule has 0 saturated heterocycles. The van der Waals surface area contributed by atoms with Crippen LogP contribution in [0.25, 0.3) is 0 Å². The van der Waals surface area contributed by atoms with Crippen LogP contribution in [0.2, 0.25) is 0 Å². The minimum absolute atomic E-state index is 0.245. The molecule has 0 N–H and O–H groups in total. The van der Waals surface area contributed by atoms with E-state index >= 15 is 0 Å². The Hall–Kier alpha value is -0.380. The van der Waals surface area contributed by atoms with Crippen LogP contribution in [0, 0.1) is 5.92 Å². The summed E-state index contributed by atoms with van der Waals surface area (Å²) in [5.41, 5.74) is 0. The molecule has 2 saturated carbocycles. The van der Waals surface area contributed by atoms with E-state index in [1.54, 1.807) is 0 Å². The van der Waals surface area contributed by atoms with Crippen molar-refractivity contribution in [3.8, 4) is 0 Å². The number of methoxy groups -OCH3 is 1. The topological polar surface area (TPSA) is 43.4 Å². The van der Waals surface area contributed by atoms with Gasteiger partial charge in [0.05, 0.1) is 7.11 Å². The molecule has 3 nitrogen and oxygen atoms in total. The van der Waals surface area contributed by atoms with Gasteiger partial charge in [0, 0.05) is 16.0 Å². The molecule has 2 aliphatic carbocycles. The Kier molecular flexibility index (Phi) is 3.44. The summed E-state index contributed by atoms with van der Waals surface area (Å²) in [5, 5.41) is -0.0900. The molecular formula is C11H18O3S. The molecule has 2 fully saturated rings. The fraction of sp³-hybridized carbons (Fsp3) is 0.909. The van der Waals surface area contributed by atoms with Gasteiger partial charge in [0.2, 0.25) is 0 Å². The van der Waals surface area contributed by atoms with Gasteiger partial charge in [-0.1, -0.05) is 12.8 Å². The summed E-state index contributed by atoms with van der Waals surface area (Å²) in [5.74, 6) is 0.0709. The van der Waals surface area contributed by atoms with E-state index in [1.807, 2.05) is 0 Å². The van der Waals surface area contributed by atoms with E-state index in [-0.39, 0.29) is 16.5 Å². The first-order chi connectivity index (χ1) is 7.24. The second kappa shape index (κ2) is 4.64. The molecule has 2 unspecified atom stereocenters. The van der Waals surface area contributed by atoms with Crippen molar-refractivity contribution in [3.63, 3.8) is 0 Å². The van der Waals surface area contributed by atoms with E-state index in [2.05, 4.69) is 0 Å². The molecule has 4 heteroatoms. The third-order valence-corrected chi connectivity index (χ3v) is 5.57. The second-order valence-electron chi connectivity index (χ2n) is 4.52. The van der Waals surface area contributed by atoms with Crippen LogP contribution < -0.4 is 0 Å². The number of carbonyl (C=O) groups is 1. The van der Waals surface area contributed by atoms with Gasteiger partial charge >= 0.3 is 5.97 Å². The van der Waals surface area contributed by atoms with Crippen molar-refractivity contribution in [2.24, 2.45) is 5.92 Å². The van der Waals surface area contributed by atoms with Crippen molar-refractivity contribution in [1.82, 2.24) is 0 Å². The molecular weight excluding hydrogens is 212 g/mol. The zero-order chi connectivity index (χ0) is 10.8. The normalized spacial score (nSPS) is 26.2. The van der Waals surface area contributed by atoms with E-state index in [0.717, 1.165) is 38.5 Å². The molecule has 0 aromatic heterocycles. The van der Waals surface area contributed by atoms with Gasteiger partial charge in [-0.25, -0.2) is 0 Å². The Morgan fingerprint density at radius 3 is 2.33 bits per heavy atom. The zero-order valence-corrected chi connectivity index (χ0v) is 9.92. The van der Waals surface area contributed by atoms with Crippen LogP contribution in [-0.2, 0) is 20.3 Å². The van der Waals surface area contributed by atoms with E-state index < -0.39 is 10.8 Å². The van der Waals surface area contributed by atoms with E-state index in [9.17, 15) is 9.00 Å². The van der Waals surface area contributed by atoms with Crippen molar-refractivity contribution >= 4 is 16.8 Å². The average molecular weight is 230 g/mol. The highest BCUT2D eigenvalue weighted by Gasteiger charge is 2.43. The third-order valence-electron chi connectivity index (χ3n) is 3.36. The highest BCUT2D eigenvalue weighted by molar-refractivity contribution is 7.87. The predicted octanol–water partition coefficient (Wildman–Crippen LogP) is 1.63. The highest BCUT2D eigenvalue weighted by Crippen LogP contribution is 2.38. The lowest BCUT2D eigenvalue weighted by Crippen LogP contribution is -2.34. The maximum Gasteiger partial charge on any atom is 0.321 e. The first-order valence-electron chi connectivity index (χ1n) is 5.71. The summed E-state index contributed by atoms with van der Waals surface area (Å²) in [7, 11) is 0.387. The van der Waals surface area contributed by atoms with Crippen LogP contribution in [0.15, 0.2) is 0 Å². The summed E-state index contributed by atoms with van der Waals surface area (Å²) >= 11 is 0. The summed E-state index contributed by atoms with van der Waals surface area (Å²) in [6.07, 6.45) is 6.44. The smallest absolute Gasteiger partial charge is 0.321 e. The SMILES string of the molecule is COC(=O)C(C1CC1)S(=O)C1CCCC1. The minimum atomic E-state index is -1.01. The molecule has 2 atom stereocenters. The molecule has 0 amide bonds. The van der Waals surface area contributed by atoms with Crippen molar-refractivity contribution in [3.05, 3.63) is 0 Å². The number of ether oxygens (including phenoxy) is 1. The monoisotopic (exact) mass is 230 g/mol. The largest absolute Gasteiger partial charge is 0.468 e. The van der Waals surface area contributed by atoms with Crippen molar-refractivity contribution in [1.29, 1.82) is 0 Å². The van der Waals surface area contributed by atoms with Gasteiger partial charge in [-0.05, 0) is 31.6 Å². The van der Waals surface area contributed by atoms with Crippen molar-refractivity contribution in [2.45, 2.75) is 49.0 Å². The van der Waals surface area contributed by atoms with Gasteiger partial charge in [0.15, 0.2) is 0 Å². The van der Waals surface area contributed by atoms with Gasteiger partial charge in [-0.15, -0.1) is 0 Å². The number of rotatable bonds is 4. The Labute approximate surface area is 93.0 Å². The van der Waals surface area contributed by atoms with Crippen molar-refractivity contribution in [2.75, 3.05) is 7.11 Å². The lowest BCUT2D eigenvalue weighted by atomic mass is 10.3. The Morgan fingerprint density at radius 2 is 1.87 bits per heavy atom. The Bertz CT molecular complexity index is 267. The molecule has 0 aromatic carbocycles. The molecule has 0 bridgehead atoms. The second-order valence-corrected chi connectivity index (χ2v) is 6.35. The first-order valence-corrected chi connectivity index (χ1v) is 6.99. The summed E-state index contributed by atoms with van der Waals surface area (Å²) in [4.78, 5) is 11.6. The lowest BCUT2D eigenvalue weighted by molar-refractivity contribution is -0.140. The fourth-order valence-electron chi connectivity index (χ4n) is 2.32. The van der Waals surface area contributed by atoms with Gasteiger partial charge in [-0.2, -0.15) is 0 Å². The summed E-state index contributed by atoms with van der Waals surface area (Å²) < 4.78 is 17.0.